The first-order chi connectivity index (χ1) is 12.7. The molecule has 144 valence electrons. The number of benzene rings is 1. The summed E-state index contributed by atoms with van der Waals surface area (Å²) in [5, 5.41) is 22.8. The van der Waals surface area contributed by atoms with Crippen LogP contribution >= 0.6 is 0 Å². The highest BCUT2D eigenvalue weighted by atomic mass is 19.4. The molecule has 4 atom stereocenters. The van der Waals surface area contributed by atoms with Crippen molar-refractivity contribution in [1.29, 1.82) is 0 Å². The summed E-state index contributed by atoms with van der Waals surface area (Å²) in [7, 11) is 0. The third-order valence-corrected chi connectivity index (χ3v) is 4.33. The molecule has 0 unspecified atom stereocenters. The highest BCUT2D eigenvalue weighted by Crippen LogP contribution is 2.35. The quantitative estimate of drug-likeness (QED) is 0.737. The van der Waals surface area contributed by atoms with Crippen LogP contribution in [0.1, 0.15) is 28.3 Å². The molecule has 1 heterocycles. The van der Waals surface area contributed by atoms with E-state index in [0.29, 0.717) is 5.56 Å². The van der Waals surface area contributed by atoms with Crippen molar-refractivity contribution in [3.8, 4) is 5.75 Å². The van der Waals surface area contributed by atoms with Crippen LogP contribution in [0.5, 0.6) is 5.75 Å². The number of hydrogen-bond acceptors (Lipinski definition) is 6. The largest absolute Gasteiger partial charge is 0.573 e. The van der Waals surface area contributed by atoms with Crippen LogP contribution in [0.3, 0.4) is 0 Å². The van der Waals surface area contributed by atoms with Crippen molar-refractivity contribution in [2.45, 2.75) is 37.0 Å². The molecule has 1 aliphatic carbocycles. The first kappa shape index (κ1) is 19.1. The van der Waals surface area contributed by atoms with Gasteiger partial charge in [0.25, 0.3) is 5.91 Å². The van der Waals surface area contributed by atoms with Crippen molar-refractivity contribution in [2.75, 3.05) is 0 Å². The van der Waals surface area contributed by atoms with Gasteiger partial charge in [-0.15, -0.1) is 13.2 Å². The number of carbonyl (C=O) groups excluding carboxylic acids is 1. The topological polar surface area (TPSA) is 105 Å². The second-order valence-corrected chi connectivity index (χ2v) is 6.15. The summed E-state index contributed by atoms with van der Waals surface area (Å²) in [6, 6.07) is 3.73. The summed E-state index contributed by atoms with van der Waals surface area (Å²) in [4.78, 5) is 20.2. The van der Waals surface area contributed by atoms with E-state index in [1.807, 2.05) is 0 Å². The number of nitrogens with zero attached hydrogens (tertiary/aromatic N) is 2. The molecule has 1 aromatic carbocycles. The predicted octanol–water partition coefficient (Wildman–Crippen LogP) is 1.38. The van der Waals surface area contributed by atoms with E-state index in [0.717, 1.165) is 12.1 Å². The molecule has 27 heavy (non-hydrogen) atoms. The molecular formula is C17H16F3N3O4. The fourth-order valence-corrected chi connectivity index (χ4v) is 3.12. The van der Waals surface area contributed by atoms with Gasteiger partial charge in [0.15, 0.2) is 0 Å². The lowest BCUT2D eigenvalue weighted by atomic mass is 9.95. The van der Waals surface area contributed by atoms with Gasteiger partial charge in [0.1, 0.15) is 18.2 Å². The number of amides is 1. The van der Waals surface area contributed by atoms with E-state index in [9.17, 15) is 28.2 Å². The molecule has 0 bridgehead atoms. The van der Waals surface area contributed by atoms with Crippen molar-refractivity contribution in [2.24, 2.45) is 0 Å². The zero-order valence-corrected chi connectivity index (χ0v) is 13.8. The minimum atomic E-state index is -4.88. The number of carbonyl (C=O) groups is 1. The monoisotopic (exact) mass is 383 g/mol. The van der Waals surface area contributed by atoms with Gasteiger partial charge in [-0.1, -0.05) is 6.07 Å². The molecule has 0 aliphatic heterocycles. The second-order valence-electron chi connectivity index (χ2n) is 6.15. The van der Waals surface area contributed by atoms with E-state index in [1.54, 1.807) is 0 Å². The Bertz CT molecular complexity index is 804. The number of ether oxygens (including phenoxy) is 1. The fourth-order valence-electron chi connectivity index (χ4n) is 3.12. The fraction of sp³-hybridized carbons (Fsp3) is 0.353. The maximum atomic E-state index is 12.5. The highest BCUT2D eigenvalue weighted by molar-refractivity contribution is 5.94. The molecule has 0 saturated heterocycles. The number of aliphatic hydroxyl groups excluding tert-OH is 2. The Labute approximate surface area is 151 Å². The molecule has 1 saturated carbocycles. The van der Waals surface area contributed by atoms with Crippen LogP contribution < -0.4 is 10.1 Å². The third kappa shape index (κ3) is 4.52. The van der Waals surface area contributed by atoms with Gasteiger partial charge >= 0.3 is 6.36 Å². The van der Waals surface area contributed by atoms with Gasteiger partial charge in [-0.05, 0) is 30.2 Å². The van der Waals surface area contributed by atoms with Crippen molar-refractivity contribution in [3.05, 3.63) is 54.1 Å². The molecule has 1 aliphatic rings. The summed E-state index contributed by atoms with van der Waals surface area (Å²) in [6.07, 6.45) is -2.66. The lowest BCUT2D eigenvalue weighted by Gasteiger charge is -2.23. The minimum Gasteiger partial charge on any atom is -0.406 e. The maximum Gasteiger partial charge on any atom is 0.573 e. The van der Waals surface area contributed by atoms with E-state index >= 15 is 0 Å². The molecule has 3 rings (SSSR count). The molecule has 0 spiro atoms. The molecule has 1 amide bonds. The molecule has 2 aromatic rings. The molecule has 10 heteroatoms. The van der Waals surface area contributed by atoms with E-state index in [1.165, 1.54) is 30.9 Å². The van der Waals surface area contributed by atoms with Gasteiger partial charge in [-0.2, -0.15) is 0 Å². The summed E-state index contributed by atoms with van der Waals surface area (Å²) in [5.41, 5.74) is 0.543. The smallest absolute Gasteiger partial charge is 0.406 e. The summed E-state index contributed by atoms with van der Waals surface area (Å²) in [5.74, 6) is -1.69. The Morgan fingerprint density at radius 3 is 2.59 bits per heavy atom. The van der Waals surface area contributed by atoms with E-state index in [2.05, 4.69) is 20.0 Å². The van der Waals surface area contributed by atoms with Crippen molar-refractivity contribution >= 4 is 5.91 Å². The van der Waals surface area contributed by atoms with Gasteiger partial charge in [0.05, 0.1) is 12.1 Å². The summed E-state index contributed by atoms with van der Waals surface area (Å²) in [6.45, 7) is 0. The van der Waals surface area contributed by atoms with Gasteiger partial charge in [0.2, 0.25) is 0 Å². The Kier molecular flexibility index (Phi) is 5.29. The number of hydrogen-bond donors (Lipinski definition) is 3. The lowest BCUT2D eigenvalue weighted by Crippen LogP contribution is -2.45. The molecular weight excluding hydrogens is 367 g/mol. The van der Waals surface area contributed by atoms with Crippen LogP contribution in [0, 0.1) is 0 Å². The first-order valence-electron chi connectivity index (χ1n) is 8.02. The standard InChI is InChI=1S/C17H16F3N3O4/c18-17(19,20)27-11-3-1-2-9(4-11)16(26)23-14-12(5-13(24)15(14)25)10-6-21-8-22-7-10/h1-4,6-8,12-15,24-25H,5H2,(H,23,26)/t12-,13-,14-,15-/m1/s1. The van der Waals surface area contributed by atoms with E-state index in [-0.39, 0.29) is 12.0 Å². The third-order valence-electron chi connectivity index (χ3n) is 4.33. The highest BCUT2D eigenvalue weighted by Gasteiger charge is 2.43. The van der Waals surface area contributed by atoms with Crippen molar-refractivity contribution in [1.82, 2.24) is 15.3 Å². The second kappa shape index (κ2) is 7.49. The Balaban J connectivity index is 1.78. The Morgan fingerprint density at radius 1 is 1.22 bits per heavy atom. The van der Waals surface area contributed by atoms with E-state index in [4.69, 9.17) is 0 Å². The molecule has 7 nitrogen and oxygen atoms in total. The average molecular weight is 383 g/mol. The van der Waals surface area contributed by atoms with Crippen LogP contribution in [0.4, 0.5) is 13.2 Å². The van der Waals surface area contributed by atoms with Crippen molar-refractivity contribution in [3.63, 3.8) is 0 Å². The normalized spacial score (nSPS) is 25.2. The SMILES string of the molecule is O=C(N[C@H]1[C@H](O)[C@H](O)C[C@@H]1c1cncnc1)c1cccc(OC(F)(F)F)c1. The van der Waals surface area contributed by atoms with Crippen LogP contribution in [0.25, 0.3) is 0 Å². The number of aliphatic hydroxyl groups is 2. The Hall–Kier alpha value is -2.72. The number of halogens is 3. The van der Waals surface area contributed by atoms with Crippen LogP contribution in [0.2, 0.25) is 0 Å². The zero-order chi connectivity index (χ0) is 19.6. The number of nitrogens with one attached hydrogen (secondary N) is 1. The minimum absolute atomic E-state index is 0.0756. The van der Waals surface area contributed by atoms with Crippen LogP contribution in [-0.4, -0.2) is 50.7 Å². The van der Waals surface area contributed by atoms with Crippen molar-refractivity contribution < 1.29 is 32.9 Å². The number of aromatic nitrogens is 2. The zero-order valence-electron chi connectivity index (χ0n) is 13.8. The Morgan fingerprint density at radius 2 is 1.93 bits per heavy atom. The summed E-state index contributed by atoms with van der Waals surface area (Å²) >= 11 is 0. The van der Waals surface area contributed by atoms with E-state index < -0.39 is 42.2 Å². The first-order valence-corrected chi connectivity index (χ1v) is 8.02. The maximum absolute atomic E-state index is 12.5. The average Bonchev–Trinajstić information content (AvgIpc) is 2.89. The molecule has 1 aromatic heterocycles. The van der Waals surface area contributed by atoms with Crippen LogP contribution in [-0.2, 0) is 0 Å². The predicted molar refractivity (Wildman–Crippen MR) is 85.8 cm³/mol. The van der Waals surface area contributed by atoms with Gasteiger partial charge in [-0.25, -0.2) is 9.97 Å². The van der Waals surface area contributed by atoms with Gasteiger partial charge in [-0.3, -0.25) is 4.79 Å². The van der Waals surface area contributed by atoms with Gasteiger partial charge < -0.3 is 20.3 Å². The number of alkyl halides is 3. The van der Waals surface area contributed by atoms with Crippen LogP contribution in [0.15, 0.2) is 43.0 Å². The van der Waals surface area contributed by atoms with Gasteiger partial charge in [0, 0.05) is 23.9 Å². The molecule has 3 N–H and O–H groups in total. The molecule has 1 fully saturated rings. The molecule has 0 radical (unpaired) electrons. The lowest BCUT2D eigenvalue weighted by molar-refractivity contribution is -0.274. The summed E-state index contributed by atoms with van der Waals surface area (Å²) < 4.78 is 40.8. The number of rotatable bonds is 4.